The summed E-state index contributed by atoms with van der Waals surface area (Å²) < 4.78 is 16.8. The van der Waals surface area contributed by atoms with Crippen LogP contribution in [-0.2, 0) is 9.09 Å². The monoisotopic (exact) mass is 228 g/mol. The van der Waals surface area contributed by atoms with Crippen molar-refractivity contribution in [2.75, 3.05) is 6.61 Å². The van der Waals surface area contributed by atoms with Crippen LogP contribution in [0.25, 0.3) is 0 Å². The average molecular weight is 228 g/mol. The van der Waals surface area contributed by atoms with E-state index in [0.29, 0.717) is 5.30 Å². The van der Waals surface area contributed by atoms with E-state index in [0.717, 1.165) is 5.56 Å². The van der Waals surface area contributed by atoms with Crippen LogP contribution in [-0.4, -0.2) is 11.5 Å². The van der Waals surface area contributed by atoms with Crippen molar-refractivity contribution in [3.05, 3.63) is 29.8 Å². The van der Waals surface area contributed by atoms with Crippen molar-refractivity contribution in [1.82, 2.24) is 0 Å². The molecule has 0 radical (unpaired) electrons. The third kappa shape index (κ3) is 2.91. The van der Waals surface area contributed by atoms with Gasteiger partial charge in [-0.15, -0.1) is 0 Å². The van der Waals surface area contributed by atoms with Gasteiger partial charge in [0.1, 0.15) is 0 Å². The molecule has 1 unspecified atom stereocenters. The first-order valence-corrected chi connectivity index (χ1v) is 6.63. The minimum atomic E-state index is -3.64. The number of hydrogen-bond acceptors (Lipinski definition) is 2. The molecule has 0 fully saturated rings. The number of rotatable bonds is 4. The first-order chi connectivity index (χ1) is 6.99. The standard InChI is InChI=1S/C11H17O3P/c1-4-14-15(12,13)11-8-6-5-7-10(11)9(2)3/h5-9H,4H2,1-3H3,(H,12,13). The summed E-state index contributed by atoms with van der Waals surface area (Å²) in [7, 11) is -3.64. The highest BCUT2D eigenvalue weighted by Gasteiger charge is 2.25. The van der Waals surface area contributed by atoms with Crippen LogP contribution in [0.1, 0.15) is 32.3 Å². The smallest absolute Gasteiger partial charge is 0.321 e. The molecule has 0 amide bonds. The predicted octanol–water partition coefficient (Wildman–Crippen LogP) is 2.66. The Hall–Kier alpha value is -0.630. The minimum absolute atomic E-state index is 0.210. The van der Waals surface area contributed by atoms with E-state index in [1.807, 2.05) is 26.0 Å². The Morgan fingerprint density at radius 1 is 1.40 bits per heavy atom. The molecule has 0 aliphatic heterocycles. The Bertz CT molecular complexity index is 374. The minimum Gasteiger partial charge on any atom is -0.321 e. The van der Waals surface area contributed by atoms with E-state index in [4.69, 9.17) is 4.52 Å². The Labute approximate surface area is 90.6 Å². The Morgan fingerprint density at radius 2 is 2.00 bits per heavy atom. The lowest BCUT2D eigenvalue weighted by Crippen LogP contribution is -2.13. The molecule has 1 aromatic rings. The van der Waals surface area contributed by atoms with E-state index in [2.05, 4.69) is 0 Å². The van der Waals surface area contributed by atoms with Crippen LogP contribution < -0.4 is 5.30 Å². The van der Waals surface area contributed by atoms with Gasteiger partial charge in [0.2, 0.25) is 0 Å². The van der Waals surface area contributed by atoms with E-state index in [1.54, 1.807) is 19.1 Å². The second kappa shape index (κ2) is 4.93. The molecule has 0 aliphatic rings. The van der Waals surface area contributed by atoms with E-state index in [1.165, 1.54) is 0 Å². The van der Waals surface area contributed by atoms with E-state index < -0.39 is 7.60 Å². The van der Waals surface area contributed by atoms with E-state index in [9.17, 15) is 9.46 Å². The van der Waals surface area contributed by atoms with Gasteiger partial charge in [0, 0.05) is 0 Å². The largest absolute Gasteiger partial charge is 0.359 e. The van der Waals surface area contributed by atoms with Gasteiger partial charge in [0.25, 0.3) is 0 Å². The summed E-state index contributed by atoms with van der Waals surface area (Å²) >= 11 is 0. The fraction of sp³-hybridized carbons (Fsp3) is 0.455. The molecule has 3 nitrogen and oxygen atoms in total. The number of benzene rings is 1. The molecule has 0 heterocycles. The first kappa shape index (κ1) is 12.4. The second-order valence-electron chi connectivity index (χ2n) is 3.65. The average Bonchev–Trinajstić information content (AvgIpc) is 2.17. The first-order valence-electron chi connectivity index (χ1n) is 5.06. The van der Waals surface area contributed by atoms with Gasteiger partial charge in [-0.05, 0) is 24.5 Å². The predicted molar refractivity (Wildman–Crippen MR) is 61.6 cm³/mol. The van der Waals surface area contributed by atoms with Gasteiger partial charge < -0.3 is 9.42 Å². The van der Waals surface area contributed by atoms with E-state index in [-0.39, 0.29) is 12.5 Å². The van der Waals surface area contributed by atoms with Crippen molar-refractivity contribution in [2.45, 2.75) is 26.7 Å². The topological polar surface area (TPSA) is 46.5 Å². The van der Waals surface area contributed by atoms with Gasteiger partial charge in [-0.3, -0.25) is 4.57 Å². The molecule has 4 heteroatoms. The Balaban J connectivity index is 3.18. The van der Waals surface area contributed by atoms with Crippen molar-refractivity contribution in [2.24, 2.45) is 0 Å². The van der Waals surface area contributed by atoms with Crippen LogP contribution in [0.15, 0.2) is 24.3 Å². The number of hydrogen-bond donors (Lipinski definition) is 1. The SMILES string of the molecule is CCOP(=O)(O)c1ccccc1C(C)C. The zero-order chi connectivity index (χ0) is 11.5. The second-order valence-corrected chi connectivity index (χ2v) is 5.43. The molecule has 0 aliphatic carbocycles. The van der Waals surface area contributed by atoms with Crippen LogP contribution in [0.2, 0.25) is 0 Å². The summed E-state index contributed by atoms with van der Waals surface area (Å²) in [5.74, 6) is 0.210. The molecular weight excluding hydrogens is 211 g/mol. The highest BCUT2D eigenvalue weighted by atomic mass is 31.2. The summed E-state index contributed by atoms with van der Waals surface area (Å²) in [5.41, 5.74) is 0.872. The van der Waals surface area contributed by atoms with Gasteiger partial charge in [0.05, 0.1) is 11.9 Å². The molecule has 1 N–H and O–H groups in total. The maximum absolute atomic E-state index is 11.9. The maximum atomic E-state index is 11.9. The van der Waals surface area contributed by atoms with Gasteiger partial charge in [-0.1, -0.05) is 32.0 Å². The third-order valence-electron chi connectivity index (χ3n) is 2.17. The summed E-state index contributed by atoms with van der Waals surface area (Å²) in [5, 5.41) is 0.418. The van der Waals surface area contributed by atoms with Gasteiger partial charge in [0.15, 0.2) is 0 Å². The van der Waals surface area contributed by atoms with Crippen LogP contribution in [0, 0.1) is 0 Å². The van der Waals surface area contributed by atoms with Crippen molar-refractivity contribution in [3.63, 3.8) is 0 Å². The third-order valence-corrected chi connectivity index (χ3v) is 3.79. The van der Waals surface area contributed by atoms with Crippen LogP contribution >= 0.6 is 7.60 Å². The summed E-state index contributed by atoms with van der Waals surface area (Å²) in [6.45, 7) is 5.93. The molecule has 0 bridgehead atoms. The fourth-order valence-corrected chi connectivity index (χ4v) is 2.90. The van der Waals surface area contributed by atoms with Gasteiger partial charge >= 0.3 is 7.60 Å². The lowest BCUT2D eigenvalue weighted by molar-refractivity contribution is 0.284. The summed E-state index contributed by atoms with van der Waals surface area (Å²) in [6.07, 6.45) is 0. The lowest BCUT2D eigenvalue weighted by Gasteiger charge is -2.16. The normalized spacial score (nSPS) is 15.3. The molecule has 0 spiro atoms. The van der Waals surface area contributed by atoms with Crippen LogP contribution in [0.5, 0.6) is 0 Å². The van der Waals surface area contributed by atoms with Crippen molar-refractivity contribution in [3.8, 4) is 0 Å². The molecule has 15 heavy (non-hydrogen) atoms. The maximum Gasteiger partial charge on any atom is 0.359 e. The quantitative estimate of drug-likeness (QED) is 0.806. The molecule has 1 rings (SSSR count). The van der Waals surface area contributed by atoms with Gasteiger partial charge in [-0.2, -0.15) is 0 Å². The van der Waals surface area contributed by atoms with Crippen LogP contribution in [0.3, 0.4) is 0 Å². The summed E-state index contributed by atoms with van der Waals surface area (Å²) in [6, 6.07) is 7.14. The van der Waals surface area contributed by atoms with Crippen molar-refractivity contribution in [1.29, 1.82) is 0 Å². The Kier molecular flexibility index (Phi) is 4.09. The van der Waals surface area contributed by atoms with E-state index >= 15 is 0 Å². The molecule has 1 atom stereocenters. The molecule has 0 aromatic heterocycles. The summed E-state index contributed by atoms with van der Waals surface area (Å²) in [4.78, 5) is 9.75. The molecule has 0 saturated carbocycles. The Morgan fingerprint density at radius 3 is 2.53 bits per heavy atom. The zero-order valence-corrected chi connectivity index (χ0v) is 10.2. The lowest BCUT2D eigenvalue weighted by atomic mass is 10.0. The highest BCUT2D eigenvalue weighted by molar-refractivity contribution is 7.61. The molecular formula is C11H17O3P. The molecule has 84 valence electrons. The van der Waals surface area contributed by atoms with Crippen molar-refractivity contribution >= 4 is 12.9 Å². The molecule has 0 saturated heterocycles. The van der Waals surface area contributed by atoms with Crippen molar-refractivity contribution < 1.29 is 14.0 Å². The van der Waals surface area contributed by atoms with Gasteiger partial charge in [-0.25, -0.2) is 0 Å². The highest BCUT2D eigenvalue weighted by Crippen LogP contribution is 2.42. The molecule has 1 aromatic carbocycles. The van der Waals surface area contributed by atoms with Crippen LogP contribution in [0.4, 0.5) is 0 Å². The fourth-order valence-electron chi connectivity index (χ4n) is 1.48. The zero-order valence-electron chi connectivity index (χ0n) is 9.30.